The summed E-state index contributed by atoms with van der Waals surface area (Å²) in [5.41, 5.74) is 0.168. The van der Waals surface area contributed by atoms with Gasteiger partial charge in [-0.25, -0.2) is 14.8 Å². The Balaban J connectivity index is 2.52. The van der Waals surface area contributed by atoms with E-state index in [1.807, 2.05) is 27.7 Å². The summed E-state index contributed by atoms with van der Waals surface area (Å²) in [5.74, 6) is 0.137. The molecular weight excluding hydrogens is 338 g/mol. The second-order valence-corrected chi connectivity index (χ2v) is 7.22. The minimum absolute atomic E-state index is 0.0787. The molecule has 0 spiro atoms. The van der Waals surface area contributed by atoms with Crippen molar-refractivity contribution in [2.75, 3.05) is 18.5 Å². The number of aromatic nitrogens is 2. The van der Waals surface area contributed by atoms with Crippen LogP contribution in [0.15, 0.2) is 0 Å². The molecule has 23 heavy (non-hydrogen) atoms. The summed E-state index contributed by atoms with van der Waals surface area (Å²) in [7, 11) is 0. The quantitative estimate of drug-likeness (QED) is 0.608. The molecule has 0 fully saturated rings. The average Bonchev–Trinajstić information content (AvgIpc) is 2.81. The van der Waals surface area contributed by atoms with Crippen molar-refractivity contribution < 1.29 is 14.6 Å². The largest absolute Gasteiger partial charge is 0.462 e. The van der Waals surface area contributed by atoms with E-state index in [-0.39, 0.29) is 17.9 Å². The van der Waals surface area contributed by atoms with Crippen LogP contribution in [0.1, 0.15) is 42.4 Å². The van der Waals surface area contributed by atoms with Crippen LogP contribution < -0.4 is 5.32 Å². The van der Waals surface area contributed by atoms with E-state index in [4.69, 9.17) is 16.3 Å². The van der Waals surface area contributed by atoms with E-state index < -0.39 is 5.54 Å². The van der Waals surface area contributed by atoms with Gasteiger partial charge >= 0.3 is 5.97 Å². The van der Waals surface area contributed by atoms with Crippen molar-refractivity contribution in [2.24, 2.45) is 0 Å². The van der Waals surface area contributed by atoms with Crippen molar-refractivity contribution in [3.05, 3.63) is 15.7 Å². The molecule has 2 rings (SSSR count). The van der Waals surface area contributed by atoms with E-state index in [0.717, 1.165) is 17.4 Å². The van der Waals surface area contributed by atoms with Crippen molar-refractivity contribution in [3.8, 4) is 0 Å². The molecule has 0 amide bonds. The molecule has 8 heteroatoms. The average molecular weight is 358 g/mol. The molecule has 2 aromatic rings. The van der Waals surface area contributed by atoms with Crippen molar-refractivity contribution in [1.29, 1.82) is 0 Å². The molecule has 0 aliphatic heterocycles. The van der Waals surface area contributed by atoms with Crippen LogP contribution in [-0.2, 0) is 4.74 Å². The highest BCUT2D eigenvalue weighted by atomic mass is 35.5. The molecule has 0 atom stereocenters. The van der Waals surface area contributed by atoms with Crippen LogP contribution in [0.4, 0.5) is 5.82 Å². The maximum Gasteiger partial charge on any atom is 0.348 e. The van der Waals surface area contributed by atoms with Crippen LogP contribution in [0.25, 0.3) is 10.2 Å². The second-order valence-electron chi connectivity index (χ2n) is 5.88. The van der Waals surface area contributed by atoms with E-state index in [2.05, 4.69) is 15.3 Å². The van der Waals surface area contributed by atoms with Gasteiger partial charge < -0.3 is 15.2 Å². The zero-order valence-corrected chi connectivity index (χ0v) is 15.1. The maximum absolute atomic E-state index is 12.2. The first-order chi connectivity index (χ1) is 10.8. The molecule has 0 saturated heterocycles. The Hall–Kier alpha value is -1.44. The lowest BCUT2D eigenvalue weighted by atomic mass is 10.1. The molecule has 2 aromatic heterocycles. The molecule has 126 valence electrons. The number of ether oxygens (including phenoxy) is 1. The summed E-state index contributed by atoms with van der Waals surface area (Å²) in [5, 5.41) is 13.4. The van der Waals surface area contributed by atoms with Crippen LogP contribution in [-0.4, -0.2) is 39.8 Å². The number of fused-ring (bicyclic) bond motifs is 1. The van der Waals surface area contributed by atoms with Gasteiger partial charge in [-0.15, -0.1) is 11.3 Å². The SMILES string of the molecule is CCCOC(=O)c1sc2nc(Cl)nc(NC(C)(C)CO)c2c1C. The van der Waals surface area contributed by atoms with Gasteiger partial charge in [0.1, 0.15) is 15.5 Å². The Morgan fingerprint density at radius 1 is 1.43 bits per heavy atom. The van der Waals surface area contributed by atoms with Gasteiger partial charge in [0, 0.05) is 0 Å². The monoisotopic (exact) mass is 357 g/mol. The number of rotatable bonds is 6. The van der Waals surface area contributed by atoms with Crippen molar-refractivity contribution >= 4 is 44.9 Å². The Labute approximate surface area is 143 Å². The van der Waals surface area contributed by atoms with Gasteiger partial charge in [-0.05, 0) is 44.4 Å². The van der Waals surface area contributed by atoms with E-state index in [0.29, 0.717) is 22.1 Å². The van der Waals surface area contributed by atoms with Gasteiger partial charge in [0.05, 0.1) is 24.1 Å². The fraction of sp³-hybridized carbons (Fsp3) is 0.533. The molecule has 0 radical (unpaired) electrons. The molecule has 2 N–H and O–H groups in total. The number of esters is 1. The Morgan fingerprint density at radius 3 is 2.74 bits per heavy atom. The molecule has 0 saturated carbocycles. The zero-order chi connectivity index (χ0) is 17.2. The Bertz CT molecular complexity index is 730. The predicted octanol–water partition coefficient (Wildman–Crippen LogP) is 3.40. The first-order valence-electron chi connectivity index (χ1n) is 7.32. The number of anilines is 1. The smallest absolute Gasteiger partial charge is 0.348 e. The number of hydrogen-bond acceptors (Lipinski definition) is 7. The number of aliphatic hydroxyl groups excluding tert-OH is 1. The first kappa shape index (κ1) is 17.9. The number of aryl methyl sites for hydroxylation is 1. The summed E-state index contributed by atoms with van der Waals surface area (Å²) >= 11 is 7.22. The molecule has 0 aliphatic carbocycles. The normalized spacial score (nSPS) is 11.7. The standard InChI is InChI=1S/C15H20ClN3O3S/c1-5-6-22-13(21)10-8(2)9-11(19-15(3,4)7-20)17-14(16)18-12(9)23-10/h20H,5-7H2,1-4H3,(H,17,18,19). The van der Waals surface area contributed by atoms with Gasteiger partial charge in [0.15, 0.2) is 0 Å². The Morgan fingerprint density at radius 2 is 2.13 bits per heavy atom. The van der Waals surface area contributed by atoms with Gasteiger partial charge in [0.2, 0.25) is 5.28 Å². The summed E-state index contributed by atoms with van der Waals surface area (Å²) in [4.78, 5) is 21.7. The van der Waals surface area contributed by atoms with Crippen molar-refractivity contribution in [2.45, 2.75) is 39.7 Å². The van der Waals surface area contributed by atoms with Gasteiger partial charge in [-0.3, -0.25) is 0 Å². The number of halogens is 1. The van der Waals surface area contributed by atoms with Crippen LogP contribution in [0, 0.1) is 6.92 Å². The van der Waals surface area contributed by atoms with Crippen LogP contribution in [0.5, 0.6) is 0 Å². The number of carbonyl (C=O) groups excluding carboxylic acids is 1. The summed E-state index contributed by atoms with van der Waals surface area (Å²) in [6.07, 6.45) is 0.763. The molecule has 0 unspecified atom stereocenters. The molecule has 0 bridgehead atoms. The van der Waals surface area contributed by atoms with Crippen molar-refractivity contribution in [1.82, 2.24) is 9.97 Å². The van der Waals surface area contributed by atoms with Gasteiger partial charge in [-0.1, -0.05) is 6.92 Å². The summed E-state index contributed by atoms with van der Waals surface area (Å²) in [6, 6.07) is 0. The minimum Gasteiger partial charge on any atom is -0.462 e. The fourth-order valence-corrected chi connectivity index (χ4v) is 3.31. The zero-order valence-electron chi connectivity index (χ0n) is 13.6. The Kier molecular flexibility index (Phi) is 5.44. The van der Waals surface area contributed by atoms with Gasteiger partial charge in [0.25, 0.3) is 0 Å². The maximum atomic E-state index is 12.2. The summed E-state index contributed by atoms with van der Waals surface area (Å²) < 4.78 is 5.21. The predicted molar refractivity (Wildman–Crippen MR) is 92.5 cm³/mol. The van der Waals surface area contributed by atoms with E-state index >= 15 is 0 Å². The number of nitrogens with zero attached hydrogens (tertiary/aromatic N) is 2. The fourth-order valence-electron chi connectivity index (χ4n) is 2.02. The van der Waals surface area contributed by atoms with Crippen LogP contribution in [0.2, 0.25) is 5.28 Å². The lowest BCUT2D eigenvalue weighted by Crippen LogP contribution is -2.35. The third-order valence-electron chi connectivity index (χ3n) is 3.24. The second kappa shape index (κ2) is 6.98. The molecule has 0 aliphatic rings. The number of carbonyl (C=O) groups is 1. The number of thiophene rings is 1. The first-order valence-corrected chi connectivity index (χ1v) is 8.51. The summed E-state index contributed by atoms with van der Waals surface area (Å²) in [6.45, 7) is 7.75. The third kappa shape index (κ3) is 3.91. The lowest BCUT2D eigenvalue weighted by molar-refractivity contribution is 0.0510. The number of aliphatic hydroxyl groups is 1. The van der Waals surface area contributed by atoms with Crippen LogP contribution >= 0.6 is 22.9 Å². The molecule has 2 heterocycles. The lowest BCUT2D eigenvalue weighted by Gasteiger charge is -2.24. The number of nitrogens with one attached hydrogen (secondary N) is 1. The minimum atomic E-state index is -0.581. The number of hydrogen-bond donors (Lipinski definition) is 2. The highest BCUT2D eigenvalue weighted by molar-refractivity contribution is 7.20. The molecular formula is C15H20ClN3O3S. The topological polar surface area (TPSA) is 84.3 Å². The van der Waals surface area contributed by atoms with E-state index in [9.17, 15) is 9.90 Å². The van der Waals surface area contributed by atoms with Gasteiger partial charge in [-0.2, -0.15) is 0 Å². The van der Waals surface area contributed by atoms with Crippen molar-refractivity contribution in [3.63, 3.8) is 0 Å². The highest BCUT2D eigenvalue weighted by Gasteiger charge is 2.24. The van der Waals surface area contributed by atoms with E-state index in [1.54, 1.807) is 0 Å². The molecule has 6 nitrogen and oxygen atoms in total. The van der Waals surface area contributed by atoms with E-state index in [1.165, 1.54) is 11.3 Å². The highest BCUT2D eigenvalue weighted by Crippen LogP contribution is 2.36. The van der Waals surface area contributed by atoms with Crippen LogP contribution in [0.3, 0.4) is 0 Å². The molecule has 0 aromatic carbocycles. The third-order valence-corrected chi connectivity index (χ3v) is 4.57.